The Morgan fingerprint density at radius 2 is 0.581 bits per heavy atom. The highest BCUT2D eigenvalue weighted by Gasteiger charge is 2.19. The lowest BCUT2D eigenvalue weighted by Crippen LogP contribution is -2.30. The third-order valence-electron chi connectivity index (χ3n) is 14.0. The van der Waals surface area contributed by atoms with Crippen LogP contribution in [0.2, 0.25) is 0 Å². The highest BCUT2D eigenvalue weighted by Crippen LogP contribution is 2.17. The van der Waals surface area contributed by atoms with Gasteiger partial charge in [0.15, 0.2) is 6.10 Å². The summed E-state index contributed by atoms with van der Waals surface area (Å²) >= 11 is 0. The van der Waals surface area contributed by atoms with Crippen LogP contribution in [0.5, 0.6) is 0 Å². The second kappa shape index (κ2) is 62.4. The van der Waals surface area contributed by atoms with E-state index in [0.717, 1.165) is 70.6 Å². The molecule has 0 spiro atoms. The Morgan fingerprint density at radius 1 is 0.297 bits per heavy atom. The molecule has 0 heterocycles. The van der Waals surface area contributed by atoms with E-state index in [1.165, 1.54) is 212 Å². The number of unbranched alkanes of at least 4 members (excludes halogenated alkanes) is 36. The third-order valence-corrected chi connectivity index (χ3v) is 14.0. The van der Waals surface area contributed by atoms with Crippen molar-refractivity contribution in [3.05, 3.63) is 72.9 Å². The van der Waals surface area contributed by atoms with Gasteiger partial charge in [0.2, 0.25) is 0 Å². The van der Waals surface area contributed by atoms with Crippen molar-refractivity contribution in [2.75, 3.05) is 13.2 Å². The monoisotopic (exact) mass is 1030 g/mol. The average molecular weight is 1030 g/mol. The first-order chi connectivity index (χ1) is 36.5. The van der Waals surface area contributed by atoms with Gasteiger partial charge in [0, 0.05) is 12.8 Å². The van der Waals surface area contributed by atoms with Gasteiger partial charge in [0.05, 0.1) is 6.42 Å². The second-order valence-electron chi connectivity index (χ2n) is 21.3. The fourth-order valence-corrected chi connectivity index (χ4v) is 9.22. The van der Waals surface area contributed by atoms with Gasteiger partial charge in [0.1, 0.15) is 13.2 Å². The van der Waals surface area contributed by atoms with Crippen molar-refractivity contribution in [2.24, 2.45) is 0 Å². The summed E-state index contributed by atoms with van der Waals surface area (Å²) in [5.74, 6) is -1.02. The van der Waals surface area contributed by atoms with Crippen LogP contribution in [0.15, 0.2) is 72.9 Å². The van der Waals surface area contributed by atoms with Crippen LogP contribution in [-0.2, 0) is 28.6 Å². The normalized spacial score (nSPS) is 12.5. The predicted octanol–water partition coefficient (Wildman–Crippen LogP) is 21.7. The van der Waals surface area contributed by atoms with Crippen LogP contribution >= 0.6 is 0 Å². The van der Waals surface area contributed by atoms with Crippen molar-refractivity contribution >= 4 is 17.9 Å². The van der Waals surface area contributed by atoms with Crippen LogP contribution < -0.4 is 0 Å². The zero-order valence-electron chi connectivity index (χ0n) is 49.1. The molecular weight excluding hydrogens is 913 g/mol. The number of hydrogen-bond donors (Lipinski definition) is 0. The molecule has 0 rings (SSSR count). The molecule has 0 aromatic heterocycles. The zero-order chi connectivity index (χ0) is 53.6. The predicted molar refractivity (Wildman–Crippen MR) is 321 cm³/mol. The van der Waals surface area contributed by atoms with Crippen molar-refractivity contribution in [1.29, 1.82) is 0 Å². The minimum atomic E-state index is -0.814. The minimum Gasteiger partial charge on any atom is -0.462 e. The molecule has 0 fully saturated rings. The first-order valence-electron chi connectivity index (χ1n) is 31.9. The molecule has 6 heteroatoms. The molecule has 74 heavy (non-hydrogen) atoms. The largest absolute Gasteiger partial charge is 0.462 e. The molecule has 0 aromatic rings. The Balaban J connectivity index is 4.38. The molecule has 1 atom stereocenters. The molecule has 6 nitrogen and oxygen atoms in total. The summed E-state index contributed by atoms with van der Waals surface area (Å²) in [5, 5.41) is 0. The standard InChI is InChI=1S/C68H120O6/c1-4-7-10-13-16-19-22-25-28-30-32-33-34-35-36-38-40-43-46-49-52-55-58-61-67(70)73-64-65(63-72-66(69)60-57-54-51-48-45-42-39-27-24-21-18-15-12-9-6-3)74-68(71)62-59-56-53-50-47-44-41-37-31-29-26-23-20-17-14-11-8-5-2/h9,12,18,21,27,30,32,39,45,48,54,57,65H,4-8,10-11,13-17,19-20,22-26,28-29,31,33-38,40-44,46-47,49-53,55-56,58-64H2,1-3H3/b12-9-,21-18-,32-30-,39-27-,48-45-,57-54-. The number of carbonyl (C=O) groups excluding carboxylic acids is 3. The molecule has 0 aliphatic heterocycles. The van der Waals surface area contributed by atoms with E-state index < -0.39 is 12.1 Å². The molecule has 428 valence electrons. The highest BCUT2D eigenvalue weighted by molar-refractivity contribution is 5.72. The van der Waals surface area contributed by atoms with Gasteiger partial charge < -0.3 is 14.2 Å². The van der Waals surface area contributed by atoms with E-state index in [2.05, 4.69) is 81.5 Å². The number of rotatable bonds is 58. The van der Waals surface area contributed by atoms with Gasteiger partial charge in [-0.2, -0.15) is 0 Å². The van der Waals surface area contributed by atoms with Crippen molar-refractivity contribution in [3.8, 4) is 0 Å². The van der Waals surface area contributed by atoms with E-state index >= 15 is 0 Å². The van der Waals surface area contributed by atoms with Crippen molar-refractivity contribution in [2.45, 2.75) is 329 Å². The van der Waals surface area contributed by atoms with Gasteiger partial charge >= 0.3 is 17.9 Å². The summed E-state index contributed by atoms with van der Waals surface area (Å²) in [6.07, 6.45) is 80.8. The van der Waals surface area contributed by atoms with Crippen LogP contribution in [0, 0.1) is 0 Å². The smallest absolute Gasteiger partial charge is 0.309 e. The van der Waals surface area contributed by atoms with E-state index in [9.17, 15) is 14.4 Å². The molecule has 0 amide bonds. The molecule has 0 radical (unpaired) electrons. The topological polar surface area (TPSA) is 78.9 Å². The van der Waals surface area contributed by atoms with Crippen molar-refractivity contribution in [1.82, 2.24) is 0 Å². The van der Waals surface area contributed by atoms with Gasteiger partial charge in [-0.05, 0) is 70.6 Å². The quantitative estimate of drug-likeness (QED) is 0.0261. The SMILES string of the molecule is CC/C=C\C/C=C\C/C=C\C/C=C\C/C=C\CC(=O)OCC(COC(=O)CCCCCCCCCCCCC/C=C\CCCCCCCCCC)OC(=O)CCCCCCCCCCCCCCCCCCCC. The molecule has 1 unspecified atom stereocenters. The Morgan fingerprint density at radius 3 is 0.932 bits per heavy atom. The summed E-state index contributed by atoms with van der Waals surface area (Å²) in [7, 11) is 0. The summed E-state index contributed by atoms with van der Waals surface area (Å²) in [6, 6.07) is 0. The highest BCUT2D eigenvalue weighted by atomic mass is 16.6. The van der Waals surface area contributed by atoms with Gasteiger partial charge in [-0.15, -0.1) is 0 Å². The molecule has 0 bridgehead atoms. The van der Waals surface area contributed by atoms with E-state index in [1.807, 2.05) is 6.08 Å². The van der Waals surface area contributed by atoms with Crippen molar-refractivity contribution in [3.63, 3.8) is 0 Å². The van der Waals surface area contributed by atoms with Crippen molar-refractivity contribution < 1.29 is 28.6 Å². The molecule has 0 aliphatic carbocycles. The van der Waals surface area contributed by atoms with Gasteiger partial charge in [-0.1, -0.05) is 306 Å². The lowest BCUT2D eigenvalue weighted by molar-refractivity contribution is -0.166. The maximum atomic E-state index is 12.9. The van der Waals surface area contributed by atoms with Gasteiger partial charge in [0.25, 0.3) is 0 Å². The summed E-state index contributed by atoms with van der Waals surface area (Å²) in [6.45, 7) is 6.48. The molecule has 0 N–H and O–H groups in total. The maximum Gasteiger partial charge on any atom is 0.309 e. The first-order valence-corrected chi connectivity index (χ1v) is 31.9. The molecule has 0 aliphatic rings. The Kier molecular flexibility index (Phi) is 59.7. The number of hydrogen-bond acceptors (Lipinski definition) is 6. The van der Waals surface area contributed by atoms with Crippen LogP contribution in [0.1, 0.15) is 323 Å². The minimum absolute atomic E-state index is 0.102. The number of esters is 3. The molecular formula is C68H120O6. The summed E-state index contributed by atoms with van der Waals surface area (Å²) < 4.78 is 16.8. The third kappa shape index (κ3) is 59.7. The first kappa shape index (κ1) is 70.8. The van der Waals surface area contributed by atoms with Crippen LogP contribution in [0.25, 0.3) is 0 Å². The Labute approximate surface area is 459 Å². The van der Waals surface area contributed by atoms with Gasteiger partial charge in [-0.25, -0.2) is 0 Å². The number of ether oxygens (including phenoxy) is 3. The fourth-order valence-electron chi connectivity index (χ4n) is 9.22. The van der Waals surface area contributed by atoms with E-state index in [-0.39, 0.29) is 31.6 Å². The molecule has 0 saturated carbocycles. The van der Waals surface area contributed by atoms with E-state index in [0.29, 0.717) is 12.8 Å². The van der Waals surface area contributed by atoms with Gasteiger partial charge in [-0.3, -0.25) is 14.4 Å². The second-order valence-corrected chi connectivity index (χ2v) is 21.3. The van der Waals surface area contributed by atoms with Crippen LogP contribution in [-0.4, -0.2) is 37.2 Å². The van der Waals surface area contributed by atoms with Crippen LogP contribution in [0.4, 0.5) is 0 Å². The van der Waals surface area contributed by atoms with Crippen LogP contribution in [0.3, 0.4) is 0 Å². The number of allylic oxidation sites excluding steroid dienone is 11. The summed E-state index contributed by atoms with van der Waals surface area (Å²) in [5.41, 5.74) is 0. The Hall–Kier alpha value is -3.15. The molecule has 0 aromatic carbocycles. The maximum absolute atomic E-state index is 12.9. The lowest BCUT2D eigenvalue weighted by Gasteiger charge is -2.18. The zero-order valence-corrected chi connectivity index (χ0v) is 49.1. The lowest BCUT2D eigenvalue weighted by atomic mass is 10.0. The molecule has 0 saturated heterocycles. The Bertz CT molecular complexity index is 1370. The fraction of sp³-hybridized carbons (Fsp3) is 0.779. The van der Waals surface area contributed by atoms with E-state index in [4.69, 9.17) is 14.2 Å². The summed E-state index contributed by atoms with van der Waals surface area (Å²) in [4.78, 5) is 38.2. The van der Waals surface area contributed by atoms with E-state index in [1.54, 1.807) is 6.08 Å². The number of carbonyl (C=O) groups is 3. The average Bonchev–Trinajstić information content (AvgIpc) is 3.40.